The summed E-state index contributed by atoms with van der Waals surface area (Å²) in [5.74, 6) is 0.525. The van der Waals surface area contributed by atoms with Gasteiger partial charge in [-0.3, -0.25) is 4.79 Å². The van der Waals surface area contributed by atoms with Crippen LogP contribution in [0.25, 0.3) is 22.3 Å². The van der Waals surface area contributed by atoms with Crippen molar-refractivity contribution in [3.8, 4) is 22.8 Å². The van der Waals surface area contributed by atoms with Gasteiger partial charge in [-0.2, -0.15) is 0 Å². The average Bonchev–Trinajstić information content (AvgIpc) is 2.69. The van der Waals surface area contributed by atoms with Gasteiger partial charge < -0.3 is 24.7 Å². The van der Waals surface area contributed by atoms with Crippen LogP contribution in [-0.2, 0) is 0 Å². The fraction of sp³-hybridized carbons (Fsp3) is 0.318. The summed E-state index contributed by atoms with van der Waals surface area (Å²) in [7, 11) is 0. The normalized spacial score (nSPS) is 12.2. The molecule has 6 nitrogen and oxygen atoms in total. The number of aliphatic hydroxyl groups excluding tert-OH is 1. The zero-order chi connectivity index (χ0) is 19.9. The third-order valence-electron chi connectivity index (χ3n) is 4.37. The molecular formula is C22H25NO5. The van der Waals surface area contributed by atoms with E-state index in [2.05, 4.69) is 12.2 Å². The summed E-state index contributed by atoms with van der Waals surface area (Å²) in [5.41, 5.74) is 0.669. The molecule has 1 unspecified atom stereocenters. The van der Waals surface area contributed by atoms with E-state index in [1.165, 1.54) is 12.1 Å². The zero-order valence-electron chi connectivity index (χ0n) is 15.9. The molecule has 1 heterocycles. The molecule has 28 heavy (non-hydrogen) atoms. The standard InChI is InChI=1S/C22H25NO5/c1-2-3-9-23-13-16(24)14-27-17-10-18(25)22-19(26)12-20(28-21(22)11-17)15-7-5-4-6-8-15/h4-8,10-12,16,23-25H,2-3,9,13-14H2,1H3. The highest BCUT2D eigenvalue weighted by Gasteiger charge is 2.13. The number of phenolic OH excluding ortho intramolecular Hbond substituents is 1. The molecule has 3 rings (SSSR count). The first kappa shape index (κ1) is 19.9. The maximum absolute atomic E-state index is 12.4. The van der Waals surface area contributed by atoms with Crippen LogP contribution in [0.2, 0.25) is 0 Å². The number of hydrogen-bond acceptors (Lipinski definition) is 6. The topological polar surface area (TPSA) is 91.9 Å². The van der Waals surface area contributed by atoms with Crippen LogP contribution >= 0.6 is 0 Å². The predicted octanol–water partition coefficient (Wildman–Crippen LogP) is 3.30. The Hall–Kier alpha value is -2.83. The van der Waals surface area contributed by atoms with Crippen molar-refractivity contribution in [2.75, 3.05) is 19.7 Å². The van der Waals surface area contributed by atoms with E-state index in [4.69, 9.17) is 9.15 Å². The van der Waals surface area contributed by atoms with Gasteiger partial charge in [-0.1, -0.05) is 43.7 Å². The summed E-state index contributed by atoms with van der Waals surface area (Å²) in [6, 6.07) is 13.5. The molecule has 3 N–H and O–H groups in total. The van der Waals surface area contributed by atoms with Gasteiger partial charge in [-0.05, 0) is 13.0 Å². The number of aromatic hydroxyl groups is 1. The molecule has 1 atom stereocenters. The highest BCUT2D eigenvalue weighted by molar-refractivity contribution is 5.86. The Balaban J connectivity index is 1.78. The van der Waals surface area contributed by atoms with E-state index < -0.39 is 6.10 Å². The Morgan fingerprint density at radius 2 is 1.96 bits per heavy atom. The highest BCUT2D eigenvalue weighted by atomic mass is 16.5. The van der Waals surface area contributed by atoms with Crippen LogP contribution in [-0.4, -0.2) is 36.0 Å². The Bertz CT molecular complexity index is 968. The van der Waals surface area contributed by atoms with E-state index in [-0.39, 0.29) is 28.8 Å². The molecule has 0 saturated heterocycles. The summed E-state index contributed by atoms with van der Waals surface area (Å²) in [5, 5.41) is 23.5. The Morgan fingerprint density at radius 1 is 1.18 bits per heavy atom. The van der Waals surface area contributed by atoms with Crippen molar-refractivity contribution in [2.24, 2.45) is 0 Å². The molecule has 1 aromatic heterocycles. The van der Waals surface area contributed by atoms with Crippen LogP contribution in [0.4, 0.5) is 0 Å². The summed E-state index contributed by atoms with van der Waals surface area (Å²) in [6.45, 7) is 3.44. The quantitative estimate of drug-likeness (QED) is 0.491. The van der Waals surface area contributed by atoms with Crippen molar-refractivity contribution in [2.45, 2.75) is 25.9 Å². The molecule has 6 heteroatoms. The zero-order valence-corrected chi connectivity index (χ0v) is 15.9. The van der Waals surface area contributed by atoms with Gasteiger partial charge in [0.1, 0.15) is 40.9 Å². The van der Waals surface area contributed by atoms with Crippen molar-refractivity contribution in [3.05, 3.63) is 58.8 Å². The van der Waals surface area contributed by atoms with Crippen molar-refractivity contribution in [3.63, 3.8) is 0 Å². The molecule has 0 amide bonds. The Morgan fingerprint density at radius 3 is 2.71 bits per heavy atom. The van der Waals surface area contributed by atoms with Gasteiger partial charge in [0, 0.05) is 30.3 Å². The predicted molar refractivity (Wildman–Crippen MR) is 109 cm³/mol. The van der Waals surface area contributed by atoms with E-state index in [1.54, 1.807) is 6.07 Å². The van der Waals surface area contributed by atoms with E-state index in [9.17, 15) is 15.0 Å². The van der Waals surface area contributed by atoms with E-state index in [1.807, 2.05) is 30.3 Å². The highest BCUT2D eigenvalue weighted by Crippen LogP contribution is 2.31. The molecule has 0 fully saturated rings. The number of rotatable bonds is 9. The smallest absolute Gasteiger partial charge is 0.197 e. The van der Waals surface area contributed by atoms with Crippen molar-refractivity contribution in [1.82, 2.24) is 5.32 Å². The first-order valence-corrected chi connectivity index (χ1v) is 9.46. The molecule has 0 aliphatic rings. The third-order valence-corrected chi connectivity index (χ3v) is 4.37. The lowest BCUT2D eigenvalue weighted by Crippen LogP contribution is -2.31. The molecule has 0 saturated carbocycles. The molecule has 0 radical (unpaired) electrons. The maximum Gasteiger partial charge on any atom is 0.197 e. The second-order valence-electron chi connectivity index (χ2n) is 6.68. The third kappa shape index (κ3) is 4.91. The number of ether oxygens (including phenoxy) is 1. The summed E-state index contributed by atoms with van der Waals surface area (Å²) in [6.07, 6.45) is 1.46. The van der Waals surface area contributed by atoms with E-state index >= 15 is 0 Å². The second-order valence-corrected chi connectivity index (χ2v) is 6.68. The lowest BCUT2D eigenvalue weighted by atomic mass is 10.1. The number of hydrogen-bond donors (Lipinski definition) is 3. The van der Waals surface area contributed by atoms with Gasteiger partial charge in [0.25, 0.3) is 0 Å². The average molecular weight is 383 g/mol. The SMILES string of the molecule is CCCCNCC(O)COc1cc(O)c2c(=O)cc(-c3ccccc3)oc2c1. The fourth-order valence-electron chi connectivity index (χ4n) is 2.89. The maximum atomic E-state index is 12.4. The van der Waals surface area contributed by atoms with Gasteiger partial charge in [-0.25, -0.2) is 0 Å². The minimum Gasteiger partial charge on any atom is -0.507 e. The molecule has 0 bridgehead atoms. The monoisotopic (exact) mass is 383 g/mol. The second kappa shape index (κ2) is 9.39. The number of unbranched alkanes of at least 4 members (excludes halogenated alkanes) is 1. The molecule has 0 aliphatic carbocycles. The lowest BCUT2D eigenvalue weighted by molar-refractivity contribution is 0.106. The van der Waals surface area contributed by atoms with Gasteiger partial charge >= 0.3 is 0 Å². The molecule has 0 spiro atoms. The first-order chi connectivity index (χ1) is 13.6. The van der Waals surface area contributed by atoms with Gasteiger partial charge in [0.15, 0.2) is 5.43 Å². The first-order valence-electron chi connectivity index (χ1n) is 9.46. The van der Waals surface area contributed by atoms with Crippen LogP contribution in [0.1, 0.15) is 19.8 Å². The molecule has 2 aromatic carbocycles. The molecule has 3 aromatic rings. The molecule has 148 valence electrons. The number of nitrogens with one attached hydrogen (secondary N) is 1. The number of benzene rings is 2. The van der Waals surface area contributed by atoms with Crippen LogP contribution in [0.3, 0.4) is 0 Å². The fourth-order valence-corrected chi connectivity index (χ4v) is 2.89. The Kier molecular flexibility index (Phi) is 6.68. The van der Waals surface area contributed by atoms with Gasteiger partial charge in [0.2, 0.25) is 0 Å². The largest absolute Gasteiger partial charge is 0.507 e. The molecular weight excluding hydrogens is 358 g/mol. The van der Waals surface area contributed by atoms with Crippen molar-refractivity contribution in [1.29, 1.82) is 0 Å². The minimum absolute atomic E-state index is 0.0622. The van der Waals surface area contributed by atoms with Crippen molar-refractivity contribution >= 4 is 11.0 Å². The molecule has 0 aliphatic heterocycles. The van der Waals surface area contributed by atoms with Crippen molar-refractivity contribution < 1.29 is 19.4 Å². The number of fused-ring (bicyclic) bond motifs is 1. The van der Waals surface area contributed by atoms with Crippen LogP contribution in [0.15, 0.2) is 57.7 Å². The van der Waals surface area contributed by atoms with Gasteiger partial charge in [-0.15, -0.1) is 0 Å². The van der Waals surface area contributed by atoms with Crippen LogP contribution < -0.4 is 15.5 Å². The van der Waals surface area contributed by atoms with Crippen LogP contribution in [0, 0.1) is 0 Å². The number of phenols is 1. The van der Waals surface area contributed by atoms with Crippen LogP contribution in [0.5, 0.6) is 11.5 Å². The Labute approximate surface area is 163 Å². The lowest BCUT2D eigenvalue weighted by Gasteiger charge is -2.14. The summed E-state index contributed by atoms with van der Waals surface area (Å²) in [4.78, 5) is 12.4. The number of aliphatic hydroxyl groups is 1. The van der Waals surface area contributed by atoms with E-state index in [0.29, 0.717) is 18.1 Å². The van der Waals surface area contributed by atoms with E-state index in [0.717, 1.165) is 24.9 Å². The summed E-state index contributed by atoms with van der Waals surface area (Å²) < 4.78 is 11.4. The van der Waals surface area contributed by atoms with Gasteiger partial charge in [0.05, 0.1) is 0 Å². The minimum atomic E-state index is -0.683. The summed E-state index contributed by atoms with van der Waals surface area (Å²) >= 11 is 0.